The molecule has 0 aliphatic rings. The molecule has 1 rings (SSSR count). The molecule has 2 unspecified atom stereocenters. The Hall–Kier alpha value is -3.10. The number of methoxy groups -OCH3 is 1. The molecule has 0 heterocycles. The number of esters is 1. The molecule has 0 aromatic heterocycles. The van der Waals surface area contributed by atoms with Crippen LogP contribution in [0.25, 0.3) is 0 Å². The van der Waals surface area contributed by atoms with Crippen LogP contribution in [0.5, 0.6) is 0 Å². The summed E-state index contributed by atoms with van der Waals surface area (Å²) in [5.74, 6) is -1.82. The fourth-order valence-electron chi connectivity index (χ4n) is 3.43. The first-order valence-corrected chi connectivity index (χ1v) is 11.4. The largest absolute Gasteiger partial charge is 0.468 e. The van der Waals surface area contributed by atoms with Gasteiger partial charge in [0.2, 0.25) is 11.8 Å². The summed E-state index contributed by atoms with van der Waals surface area (Å²) >= 11 is 0. The smallest absolute Gasteiger partial charge is 0.408 e. The van der Waals surface area contributed by atoms with Crippen LogP contribution in [-0.4, -0.2) is 60.6 Å². The van der Waals surface area contributed by atoms with Gasteiger partial charge in [-0.15, -0.1) is 0 Å². The number of alkyl carbamates (subject to hydrolysis) is 1. The highest BCUT2D eigenvalue weighted by Gasteiger charge is 2.37. The van der Waals surface area contributed by atoms with Gasteiger partial charge >= 0.3 is 12.1 Å². The van der Waals surface area contributed by atoms with Gasteiger partial charge in [0.25, 0.3) is 0 Å². The van der Waals surface area contributed by atoms with Crippen LogP contribution < -0.4 is 10.6 Å². The fraction of sp³-hybridized carbons (Fsp3) is 0.600. The number of carbonyl (C=O) groups excluding carboxylic acids is 4. The van der Waals surface area contributed by atoms with Crippen LogP contribution in [0.4, 0.5) is 4.79 Å². The van der Waals surface area contributed by atoms with E-state index >= 15 is 0 Å². The first kappa shape index (κ1) is 28.9. The van der Waals surface area contributed by atoms with Crippen molar-refractivity contribution in [3.8, 4) is 0 Å². The second kappa shape index (κ2) is 12.4. The number of rotatable bonds is 9. The lowest BCUT2D eigenvalue weighted by molar-refractivity contribution is -0.145. The van der Waals surface area contributed by atoms with Gasteiger partial charge < -0.3 is 25.0 Å². The first-order chi connectivity index (χ1) is 15.7. The Balaban J connectivity index is 3.40. The van der Waals surface area contributed by atoms with Gasteiger partial charge in [-0.1, -0.05) is 37.6 Å². The molecule has 0 radical (unpaired) electrons. The number of likely N-dealkylation sites (N-methyl/N-ethyl adjacent to an activating group) is 1. The molecule has 9 heteroatoms. The lowest BCUT2D eigenvalue weighted by Gasteiger charge is -2.35. The summed E-state index contributed by atoms with van der Waals surface area (Å²) in [6.07, 6.45) is -0.714. The summed E-state index contributed by atoms with van der Waals surface area (Å²) in [6, 6.07) is 3.71. The SMILES string of the molecule is CCN(C(=O)C(NC(=O)OC(C)(C)C)C(C)C)C(C(=O)NCC(=O)OC)c1cc(C)ccc1C. The Labute approximate surface area is 202 Å². The summed E-state index contributed by atoms with van der Waals surface area (Å²) in [6.45, 7) is 14.2. The summed E-state index contributed by atoms with van der Waals surface area (Å²) in [5.41, 5.74) is 1.64. The maximum atomic E-state index is 13.7. The van der Waals surface area contributed by atoms with E-state index in [1.807, 2.05) is 32.0 Å². The maximum absolute atomic E-state index is 13.7. The maximum Gasteiger partial charge on any atom is 0.408 e. The van der Waals surface area contributed by atoms with E-state index in [4.69, 9.17) is 4.74 Å². The lowest BCUT2D eigenvalue weighted by atomic mass is 9.95. The van der Waals surface area contributed by atoms with Crippen molar-refractivity contribution in [2.75, 3.05) is 20.2 Å². The highest BCUT2D eigenvalue weighted by molar-refractivity contribution is 5.93. The van der Waals surface area contributed by atoms with E-state index in [1.165, 1.54) is 12.0 Å². The van der Waals surface area contributed by atoms with E-state index in [0.29, 0.717) is 5.56 Å². The molecule has 1 aromatic carbocycles. The van der Waals surface area contributed by atoms with E-state index in [2.05, 4.69) is 15.4 Å². The van der Waals surface area contributed by atoms with Crippen molar-refractivity contribution < 1.29 is 28.7 Å². The van der Waals surface area contributed by atoms with Crippen molar-refractivity contribution in [2.24, 2.45) is 5.92 Å². The number of ether oxygens (including phenoxy) is 2. The average Bonchev–Trinajstić information content (AvgIpc) is 2.73. The molecule has 2 atom stereocenters. The highest BCUT2D eigenvalue weighted by Crippen LogP contribution is 2.27. The minimum absolute atomic E-state index is 0.196. The molecule has 1 aromatic rings. The Morgan fingerprint density at radius 1 is 1.09 bits per heavy atom. The van der Waals surface area contributed by atoms with Gasteiger partial charge in [0.05, 0.1) is 7.11 Å². The summed E-state index contributed by atoms with van der Waals surface area (Å²) < 4.78 is 9.96. The third kappa shape index (κ3) is 8.35. The van der Waals surface area contributed by atoms with Crippen LogP contribution in [0, 0.1) is 19.8 Å². The molecule has 0 aliphatic carbocycles. The number of nitrogens with zero attached hydrogens (tertiary/aromatic N) is 1. The summed E-state index contributed by atoms with van der Waals surface area (Å²) in [7, 11) is 1.23. The zero-order valence-electron chi connectivity index (χ0n) is 21.8. The van der Waals surface area contributed by atoms with E-state index in [9.17, 15) is 19.2 Å². The molecule has 0 saturated carbocycles. The van der Waals surface area contributed by atoms with Crippen LogP contribution >= 0.6 is 0 Å². The molecule has 9 nitrogen and oxygen atoms in total. The zero-order chi connectivity index (χ0) is 26.2. The minimum Gasteiger partial charge on any atom is -0.468 e. The average molecular weight is 478 g/mol. The monoisotopic (exact) mass is 477 g/mol. The van der Waals surface area contributed by atoms with E-state index in [-0.39, 0.29) is 19.0 Å². The summed E-state index contributed by atoms with van der Waals surface area (Å²) in [4.78, 5) is 52.5. The van der Waals surface area contributed by atoms with Crippen LogP contribution in [0.3, 0.4) is 0 Å². The molecule has 34 heavy (non-hydrogen) atoms. The molecular weight excluding hydrogens is 438 g/mol. The molecule has 0 bridgehead atoms. The molecule has 0 saturated heterocycles. The Kier molecular flexibility index (Phi) is 10.5. The van der Waals surface area contributed by atoms with Crippen LogP contribution in [-0.2, 0) is 23.9 Å². The normalized spacial score (nSPS) is 13.0. The van der Waals surface area contributed by atoms with Gasteiger partial charge in [-0.05, 0) is 58.6 Å². The molecular formula is C25H39N3O6. The Bertz CT molecular complexity index is 891. The second-order valence-electron chi connectivity index (χ2n) is 9.55. The van der Waals surface area contributed by atoms with Gasteiger partial charge in [0, 0.05) is 6.54 Å². The molecule has 0 fully saturated rings. The predicted molar refractivity (Wildman–Crippen MR) is 129 cm³/mol. The van der Waals surface area contributed by atoms with Crippen molar-refractivity contribution in [1.82, 2.24) is 15.5 Å². The molecule has 190 valence electrons. The third-order valence-electron chi connectivity index (χ3n) is 5.15. The number of aryl methyl sites for hydroxylation is 2. The van der Waals surface area contributed by atoms with Crippen LogP contribution in [0.2, 0.25) is 0 Å². The fourth-order valence-corrected chi connectivity index (χ4v) is 3.43. The van der Waals surface area contributed by atoms with Crippen molar-refractivity contribution in [3.05, 3.63) is 34.9 Å². The van der Waals surface area contributed by atoms with Gasteiger partial charge in [-0.2, -0.15) is 0 Å². The number of hydrogen-bond donors (Lipinski definition) is 2. The van der Waals surface area contributed by atoms with Crippen molar-refractivity contribution >= 4 is 23.9 Å². The van der Waals surface area contributed by atoms with Gasteiger partial charge in [0.15, 0.2) is 0 Å². The van der Waals surface area contributed by atoms with Crippen molar-refractivity contribution in [3.63, 3.8) is 0 Å². The van der Waals surface area contributed by atoms with Gasteiger partial charge in [-0.3, -0.25) is 14.4 Å². The number of amides is 3. The predicted octanol–water partition coefficient (Wildman–Crippen LogP) is 3.03. The molecule has 0 aliphatic heterocycles. The number of hydrogen-bond acceptors (Lipinski definition) is 6. The quantitative estimate of drug-likeness (QED) is 0.529. The van der Waals surface area contributed by atoms with Gasteiger partial charge in [-0.25, -0.2) is 4.79 Å². The van der Waals surface area contributed by atoms with Gasteiger partial charge in [0.1, 0.15) is 24.2 Å². The standard InChI is InChI=1S/C25H39N3O6/c1-10-28(23(31)20(15(2)3)27-24(32)34-25(6,7)8)21(22(30)26-14-19(29)33-9)18-13-16(4)11-12-17(18)5/h11-13,15,20-21H,10,14H2,1-9H3,(H,26,30)(H,27,32). The van der Waals surface area contributed by atoms with Crippen LogP contribution in [0.15, 0.2) is 18.2 Å². The minimum atomic E-state index is -1.01. The molecule has 2 N–H and O–H groups in total. The van der Waals surface area contributed by atoms with E-state index in [0.717, 1.165) is 11.1 Å². The lowest BCUT2D eigenvalue weighted by Crippen LogP contribution is -2.55. The number of carbonyl (C=O) groups is 4. The van der Waals surface area contributed by atoms with E-state index < -0.39 is 41.6 Å². The first-order valence-electron chi connectivity index (χ1n) is 11.4. The Morgan fingerprint density at radius 3 is 2.21 bits per heavy atom. The highest BCUT2D eigenvalue weighted by atomic mass is 16.6. The molecule has 3 amide bonds. The third-order valence-corrected chi connectivity index (χ3v) is 5.15. The van der Waals surface area contributed by atoms with Crippen LogP contribution in [0.1, 0.15) is 64.3 Å². The van der Waals surface area contributed by atoms with E-state index in [1.54, 1.807) is 41.5 Å². The van der Waals surface area contributed by atoms with Crippen molar-refractivity contribution in [2.45, 2.75) is 73.1 Å². The van der Waals surface area contributed by atoms with Crippen molar-refractivity contribution in [1.29, 1.82) is 0 Å². The number of benzene rings is 1. The Morgan fingerprint density at radius 2 is 1.71 bits per heavy atom. The zero-order valence-corrected chi connectivity index (χ0v) is 21.8. The molecule has 0 spiro atoms. The second-order valence-corrected chi connectivity index (χ2v) is 9.55. The number of nitrogens with one attached hydrogen (secondary N) is 2. The topological polar surface area (TPSA) is 114 Å². The summed E-state index contributed by atoms with van der Waals surface area (Å²) in [5, 5.41) is 5.23.